The lowest BCUT2D eigenvalue weighted by Gasteiger charge is -2.31. The van der Waals surface area contributed by atoms with E-state index in [4.69, 9.17) is 16.3 Å². The van der Waals surface area contributed by atoms with Crippen molar-refractivity contribution in [2.24, 2.45) is 0 Å². The molecule has 0 bridgehead atoms. The summed E-state index contributed by atoms with van der Waals surface area (Å²) in [5.41, 5.74) is 2.98. The van der Waals surface area contributed by atoms with Gasteiger partial charge in [0.15, 0.2) is 6.61 Å². The number of halogens is 2. The molecule has 0 heterocycles. The molecule has 0 fully saturated rings. The Morgan fingerprint density at radius 1 is 0.896 bits per heavy atom. The lowest BCUT2D eigenvalue weighted by Crippen LogP contribution is -2.45. The Hall–Kier alpha value is -4.67. The van der Waals surface area contributed by atoms with Gasteiger partial charge in [0.25, 0.3) is 15.9 Å². The average Bonchev–Trinajstić information content (AvgIpc) is 3.10. The summed E-state index contributed by atoms with van der Waals surface area (Å²) in [6.07, 6.45) is 7.45. The Morgan fingerprint density at radius 2 is 1.60 bits per heavy atom. The third kappa shape index (κ3) is 9.68. The van der Waals surface area contributed by atoms with Crippen LogP contribution >= 0.6 is 11.6 Å². The van der Waals surface area contributed by atoms with Crippen molar-refractivity contribution in [3.05, 3.63) is 137 Å². The van der Waals surface area contributed by atoms with Gasteiger partial charge >= 0.3 is 0 Å². The molecule has 250 valence electrons. The first kappa shape index (κ1) is 34.7. The lowest BCUT2D eigenvalue weighted by molar-refractivity contribution is -0.143. The molecule has 0 aliphatic heterocycles. The highest BCUT2D eigenvalue weighted by Crippen LogP contribution is 2.26. The zero-order chi connectivity index (χ0) is 33.9. The zero-order valence-corrected chi connectivity index (χ0v) is 27.9. The number of hydrogen-bond donors (Lipinski definition) is 2. The Bertz CT molecular complexity index is 1820. The van der Waals surface area contributed by atoms with Crippen molar-refractivity contribution >= 4 is 39.1 Å². The summed E-state index contributed by atoms with van der Waals surface area (Å²) in [5, 5.41) is 3.60. The molecule has 2 N–H and O–H groups in total. The smallest absolute Gasteiger partial charge is 0.261 e. The normalized spacial score (nSPS) is 13.6. The zero-order valence-electron chi connectivity index (χ0n) is 26.3. The highest BCUT2D eigenvalue weighted by atomic mass is 35.5. The fraction of sp³-hybridized carbons (Fsp3) is 0.243. The monoisotopic (exact) mass is 689 g/mol. The van der Waals surface area contributed by atoms with Crippen LogP contribution in [0.5, 0.6) is 5.75 Å². The Labute approximate surface area is 285 Å². The molecule has 0 saturated carbocycles. The number of carbonyl (C=O) groups excluding carboxylic acids is 2. The number of benzene rings is 4. The minimum atomic E-state index is -3.95. The summed E-state index contributed by atoms with van der Waals surface area (Å²) in [6.45, 7) is 0.166. The maximum absolute atomic E-state index is 13.9. The van der Waals surface area contributed by atoms with Gasteiger partial charge in [-0.05, 0) is 104 Å². The quantitative estimate of drug-likeness (QED) is 0.134. The van der Waals surface area contributed by atoms with Crippen LogP contribution in [0.2, 0.25) is 5.02 Å². The molecule has 8 nitrogen and oxygen atoms in total. The molecule has 4 aromatic carbocycles. The van der Waals surface area contributed by atoms with Crippen LogP contribution < -0.4 is 14.8 Å². The maximum Gasteiger partial charge on any atom is 0.261 e. The van der Waals surface area contributed by atoms with Gasteiger partial charge in [0.05, 0.1) is 4.90 Å². The van der Waals surface area contributed by atoms with Gasteiger partial charge in [0.2, 0.25) is 5.91 Å². The van der Waals surface area contributed by atoms with E-state index in [1.54, 1.807) is 24.3 Å². The van der Waals surface area contributed by atoms with Crippen LogP contribution in [-0.2, 0) is 26.2 Å². The van der Waals surface area contributed by atoms with Gasteiger partial charge < -0.3 is 15.0 Å². The summed E-state index contributed by atoms with van der Waals surface area (Å²) in [6, 6.07) is 25.8. The number of amides is 2. The standard InChI is InChI=1S/C37H37ClFN3O5S/c38-30-13-11-28(12-14-30)25-42(36(29-9-5-2-6-10-29)37(44)40-24-23-27-7-3-1-4-8-27)35(43)26-47-33-19-21-34(22-20-33)48(45,46)41-32-17-15-31(39)16-18-32/h2,5-7,9-22,36,41H,1,3-4,8,23-26H2,(H,40,44)/t36-/m1/s1. The largest absolute Gasteiger partial charge is 0.484 e. The van der Waals surface area contributed by atoms with Crippen molar-refractivity contribution in [2.45, 2.75) is 49.6 Å². The van der Waals surface area contributed by atoms with Crippen LogP contribution in [0.15, 0.2) is 120 Å². The second-order valence-corrected chi connectivity index (χ2v) is 13.6. The van der Waals surface area contributed by atoms with E-state index < -0.39 is 34.4 Å². The van der Waals surface area contributed by atoms with Gasteiger partial charge in [0.1, 0.15) is 17.6 Å². The fourth-order valence-corrected chi connectivity index (χ4v) is 6.65. The van der Waals surface area contributed by atoms with E-state index in [0.29, 0.717) is 17.1 Å². The number of nitrogens with one attached hydrogen (secondary N) is 2. The lowest BCUT2D eigenvalue weighted by atomic mass is 9.97. The molecule has 5 rings (SSSR count). The Balaban J connectivity index is 1.32. The predicted octanol–water partition coefficient (Wildman–Crippen LogP) is 7.44. The molecule has 1 aliphatic carbocycles. The van der Waals surface area contributed by atoms with Crippen LogP contribution in [0, 0.1) is 5.82 Å². The molecule has 1 atom stereocenters. The molecule has 0 saturated heterocycles. The van der Waals surface area contributed by atoms with Gasteiger partial charge in [-0.25, -0.2) is 12.8 Å². The van der Waals surface area contributed by atoms with Crippen molar-refractivity contribution < 1.29 is 27.1 Å². The third-order valence-electron chi connectivity index (χ3n) is 7.99. The van der Waals surface area contributed by atoms with Crippen molar-refractivity contribution in [3.63, 3.8) is 0 Å². The number of nitrogens with zero attached hydrogens (tertiary/aromatic N) is 1. The Kier molecular flexibility index (Phi) is 11.9. The van der Waals surface area contributed by atoms with Crippen molar-refractivity contribution in [1.29, 1.82) is 0 Å². The van der Waals surface area contributed by atoms with Gasteiger partial charge in [-0.3, -0.25) is 14.3 Å². The molecular weight excluding hydrogens is 653 g/mol. The Morgan fingerprint density at radius 3 is 2.27 bits per heavy atom. The molecule has 0 radical (unpaired) electrons. The molecule has 2 amide bonds. The number of rotatable bonds is 14. The topological polar surface area (TPSA) is 105 Å². The SMILES string of the molecule is O=C(NCCC1=CCCCC1)[C@@H](c1ccccc1)N(Cc1ccc(Cl)cc1)C(=O)COc1ccc(S(=O)(=O)Nc2ccc(F)cc2)cc1. The number of carbonyl (C=O) groups is 2. The summed E-state index contributed by atoms with van der Waals surface area (Å²) in [5.74, 6) is -0.970. The van der Waals surface area contributed by atoms with Crippen molar-refractivity contribution in [3.8, 4) is 5.75 Å². The summed E-state index contributed by atoms with van der Waals surface area (Å²) in [4.78, 5) is 29.2. The van der Waals surface area contributed by atoms with Crippen LogP contribution in [0.4, 0.5) is 10.1 Å². The summed E-state index contributed by atoms with van der Waals surface area (Å²) >= 11 is 6.12. The summed E-state index contributed by atoms with van der Waals surface area (Å²) < 4.78 is 47.1. The molecule has 48 heavy (non-hydrogen) atoms. The third-order valence-corrected chi connectivity index (χ3v) is 9.63. The molecule has 11 heteroatoms. The van der Waals surface area contributed by atoms with Gasteiger partial charge in [0, 0.05) is 23.8 Å². The van der Waals surface area contributed by atoms with Crippen molar-refractivity contribution in [2.75, 3.05) is 17.9 Å². The van der Waals surface area contributed by atoms with Gasteiger partial charge in [-0.1, -0.05) is 65.7 Å². The minimum absolute atomic E-state index is 0.0420. The van der Waals surface area contributed by atoms with E-state index in [1.165, 1.54) is 53.3 Å². The molecule has 0 spiro atoms. The minimum Gasteiger partial charge on any atom is -0.484 e. The number of anilines is 1. The van der Waals surface area contributed by atoms with Crippen LogP contribution in [0.1, 0.15) is 49.3 Å². The molecular formula is C37H37ClFN3O5S. The highest BCUT2D eigenvalue weighted by Gasteiger charge is 2.32. The fourth-order valence-electron chi connectivity index (χ4n) is 5.47. The van der Waals surface area contributed by atoms with Crippen LogP contribution in [-0.4, -0.2) is 38.3 Å². The van der Waals surface area contributed by atoms with E-state index in [9.17, 15) is 22.4 Å². The highest BCUT2D eigenvalue weighted by molar-refractivity contribution is 7.92. The first-order valence-corrected chi connectivity index (χ1v) is 17.6. The summed E-state index contributed by atoms with van der Waals surface area (Å²) in [7, 11) is -3.95. The predicted molar refractivity (Wildman–Crippen MR) is 185 cm³/mol. The van der Waals surface area contributed by atoms with Crippen molar-refractivity contribution in [1.82, 2.24) is 10.2 Å². The van der Waals surface area contributed by atoms with Gasteiger partial charge in [-0.2, -0.15) is 0 Å². The average molecular weight is 690 g/mol. The van der Waals surface area contributed by atoms with Crippen LogP contribution in [0.3, 0.4) is 0 Å². The van der Waals surface area contributed by atoms with E-state index in [-0.39, 0.29) is 28.8 Å². The molecule has 1 aliphatic rings. The number of sulfonamides is 1. The van der Waals surface area contributed by atoms with Gasteiger partial charge in [-0.15, -0.1) is 0 Å². The molecule has 0 unspecified atom stereocenters. The van der Waals surface area contributed by atoms with E-state index >= 15 is 0 Å². The molecule has 4 aromatic rings. The second kappa shape index (κ2) is 16.4. The number of hydrogen-bond acceptors (Lipinski definition) is 5. The maximum atomic E-state index is 13.9. The number of ether oxygens (including phenoxy) is 1. The first-order chi connectivity index (χ1) is 23.2. The molecule has 0 aromatic heterocycles. The van der Waals surface area contributed by atoms with E-state index in [2.05, 4.69) is 16.1 Å². The van der Waals surface area contributed by atoms with E-state index in [1.807, 2.05) is 30.3 Å². The number of allylic oxidation sites excluding steroid dienone is 1. The second-order valence-electron chi connectivity index (χ2n) is 11.5. The van der Waals surface area contributed by atoms with E-state index in [0.717, 1.165) is 43.4 Å². The van der Waals surface area contributed by atoms with Crippen LogP contribution in [0.25, 0.3) is 0 Å². The first-order valence-electron chi connectivity index (χ1n) is 15.7.